The number of halogens is 1. The van der Waals surface area contributed by atoms with Gasteiger partial charge in [-0.05, 0) is 15.9 Å². The normalized spacial score (nSPS) is 10.2. The van der Waals surface area contributed by atoms with Crippen molar-refractivity contribution in [3.05, 3.63) is 51.2 Å². The molecule has 0 amide bonds. The molecule has 0 saturated heterocycles. The molecule has 116 valence electrons. The third-order valence-corrected chi connectivity index (χ3v) is 3.20. The maximum Gasteiger partial charge on any atom is 0.331 e. The molecule has 0 aliphatic carbocycles. The highest BCUT2D eigenvalue weighted by molar-refractivity contribution is 9.10. The van der Waals surface area contributed by atoms with E-state index in [1.807, 2.05) is 0 Å². The zero-order valence-corrected chi connectivity index (χ0v) is 12.1. The molecule has 1 heterocycles. The molecule has 12 nitrogen and oxygen atoms in total. The first-order valence-electron chi connectivity index (χ1n) is 5.28. The van der Waals surface area contributed by atoms with Crippen LogP contribution in [0.25, 0.3) is 0 Å². The Hall–Kier alpha value is -2.44. The molecule has 0 N–H and O–H groups in total. The topological polar surface area (TPSA) is 149 Å². The molecular formula is C8H9BrN4O8. The summed E-state index contributed by atoms with van der Waals surface area (Å²) >= 11 is 2.92. The summed E-state index contributed by atoms with van der Waals surface area (Å²) in [6.07, 6.45) is 0. The lowest BCUT2D eigenvalue weighted by atomic mass is 10.4. The third kappa shape index (κ3) is 4.01. The fourth-order valence-electron chi connectivity index (χ4n) is 1.46. The summed E-state index contributed by atoms with van der Waals surface area (Å²) < 4.78 is 1.54. The average Bonchev–Trinajstić information content (AvgIpc) is 2.40. The Bertz CT molecular complexity index is 680. The Labute approximate surface area is 123 Å². The van der Waals surface area contributed by atoms with Crippen molar-refractivity contribution in [1.82, 2.24) is 9.13 Å². The largest absolute Gasteiger partial charge is 0.331 e. The van der Waals surface area contributed by atoms with Gasteiger partial charge < -0.3 is 9.68 Å². The van der Waals surface area contributed by atoms with E-state index in [1.54, 1.807) is 0 Å². The molecule has 1 aromatic rings. The van der Waals surface area contributed by atoms with E-state index in [1.165, 1.54) is 7.05 Å². The zero-order chi connectivity index (χ0) is 16.2. The molecule has 1 aromatic heterocycles. The molecule has 0 radical (unpaired) electrons. The average molecular weight is 369 g/mol. The molecule has 13 heteroatoms. The second-order valence-corrected chi connectivity index (χ2v) is 4.41. The lowest BCUT2D eigenvalue weighted by Crippen LogP contribution is -2.41. The van der Waals surface area contributed by atoms with Gasteiger partial charge in [-0.25, -0.2) is 4.79 Å². The van der Waals surface area contributed by atoms with Crippen LogP contribution in [0.1, 0.15) is 5.69 Å². The van der Waals surface area contributed by atoms with E-state index in [-0.39, 0.29) is 16.7 Å². The van der Waals surface area contributed by atoms with Gasteiger partial charge in [0.1, 0.15) is 17.7 Å². The zero-order valence-electron chi connectivity index (χ0n) is 10.6. The Morgan fingerprint density at radius 3 is 2.29 bits per heavy atom. The number of rotatable bonds is 7. The number of hydrogen-bond acceptors (Lipinski definition) is 8. The molecular weight excluding hydrogens is 360 g/mol. The Morgan fingerprint density at radius 1 is 1.19 bits per heavy atom. The van der Waals surface area contributed by atoms with Gasteiger partial charge in [0.15, 0.2) is 0 Å². The van der Waals surface area contributed by atoms with Crippen molar-refractivity contribution in [2.75, 3.05) is 6.61 Å². The fourth-order valence-corrected chi connectivity index (χ4v) is 2.06. The van der Waals surface area contributed by atoms with E-state index >= 15 is 0 Å². The standard InChI is InChI=1S/C8H9BrN4O8/c1-10-7(14)6(9)5(4-21-13(18)19)11(8(10)15)2-3-20-12(16)17/h2-4H2,1H3. The van der Waals surface area contributed by atoms with Crippen LogP contribution in [0.5, 0.6) is 0 Å². The predicted octanol–water partition coefficient (Wildman–Crippen LogP) is -0.774. The van der Waals surface area contributed by atoms with Crippen LogP contribution in [0, 0.1) is 20.2 Å². The maximum absolute atomic E-state index is 11.9. The first kappa shape index (κ1) is 16.6. The van der Waals surface area contributed by atoms with E-state index in [4.69, 9.17) is 0 Å². The highest BCUT2D eigenvalue weighted by atomic mass is 79.9. The Balaban J connectivity index is 3.23. The maximum atomic E-state index is 11.9. The van der Waals surface area contributed by atoms with Crippen molar-refractivity contribution >= 4 is 15.9 Å². The smallest absolute Gasteiger partial charge is 0.312 e. The minimum absolute atomic E-state index is 0.118. The molecule has 0 aliphatic heterocycles. The summed E-state index contributed by atoms with van der Waals surface area (Å²) in [7, 11) is 1.19. The second kappa shape index (κ2) is 6.83. The summed E-state index contributed by atoms with van der Waals surface area (Å²) in [5, 5.41) is 18.2. The van der Waals surface area contributed by atoms with Crippen molar-refractivity contribution in [2.24, 2.45) is 7.05 Å². The van der Waals surface area contributed by atoms with Crippen molar-refractivity contribution in [3.8, 4) is 0 Å². The fraction of sp³-hybridized carbons (Fsp3) is 0.500. The van der Waals surface area contributed by atoms with Gasteiger partial charge in [0, 0.05) is 7.05 Å². The van der Waals surface area contributed by atoms with Crippen LogP contribution in [0.3, 0.4) is 0 Å². The number of hydrogen-bond donors (Lipinski definition) is 0. The van der Waals surface area contributed by atoms with Gasteiger partial charge in [0.25, 0.3) is 15.7 Å². The Morgan fingerprint density at radius 2 is 1.76 bits per heavy atom. The molecule has 0 spiro atoms. The summed E-state index contributed by atoms with van der Waals surface area (Å²) in [5.74, 6) is 0. The van der Waals surface area contributed by atoms with Crippen molar-refractivity contribution in [1.29, 1.82) is 0 Å². The molecule has 0 aliphatic rings. The molecule has 0 saturated carbocycles. The minimum atomic E-state index is -1.09. The highest BCUT2D eigenvalue weighted by Gasteiger charge is 2.17. The van der Waals surface area contributed by atoms with Crippen molar-refractivity contribution in [3.63, 3.8) is 0 Å². The SMILES string of the molecule is Cn1c(=O)c(Br)c(CO[N+](=O)[O-])n(CCO[N+](=O)[O-])c1=O. The van der Waals surface area contributed by atoms with Crippen LogP contribution in [-0.4, -0.2) is 25.9 Å². The highest BCUT2D eigenvalue weighted by Crippen LogP contribution is 2.11. The molecule has 1 rings (SSSR count). The molecule has 0 fully saturated rings. The van der Waals surface area contributed by atoms with Gasteiger partial charge in [0.2, 0.25) is 0 Å². The lowest BCUT2D eigenvalue weighted by molar-refractivity contribution is -0.763. The van der Waals surface area contributed by atoms with E-state index < -0.39 is 34.6 Å². The lowest BCUT2D eigenvalue weighted by Gasteiger charge is -2.14. The van der Waals surface area contributed by atoms with E-state index in [0.717, 1.165) is 9.13 Å². The van der Waals surface area contributed by atoms with Crippen LogP contribution in [0.4, 0.5) is 0 Å². The molecule has 0 bridgehead atoms. The number of aromatic nitrogens is 2. The van der Waals surface area contributed by atoms with E-state index in [2.05, 4.69) is 25.6 Å². The van der Waals surface area contributed by atoms with Crippen LogP contribution in [-0.2, 0) is 29.9 Å². The van der Waals surface area contributed by atoms with Crippen LogP contribution >= 0.6 is 15.9 Å². The van der Waals surface area contributed by atoms with Gasteiger partial charge >= 0.3 is 5.69 Å². The van der Waals surface area contributed by atoms with Gasteiger partial charge in [-0.1, -0.05) is 0 Å². The second-order valence-electron chi connectivity index (χ2n) is 3.61. The van der Waals surface area contributed by atoms with Gasteiger partial charge in [-0.2, -0.15) is 0 Å². The first-order chi connectivity index (χ1) is 9.75. The van der Waals surface area contributed by atoms with Crippen LogP contribution in [0.2, 0.25) is 0 Å². The molecule has 0 atom stereocenters. The van der Waals surface area contributed by atoms with E-state index in [0.29, 0.717) is 0 Å². The molecule has 21 heavy (non-hydrogen) atoms. The van der Waals surface area contributed by atoms with Crippen LogP contribution in [0.15, 0.2) is 14.1 Å². The minimum Gasteiger partial charge on any atom is -0.312 e. The van der Waals surface area contributed by atoms with Gasteiger partial charge in [-0.3, -0.25) is 13.9 Å². The summed E-state index contributed by atoms with van der Waals surface area (Å²) in [6.45, 7) is -1.43. The predicted molar refractivity (Wildman–Crippen MR) is 68.4 cm³/mol. The third-order valence-electron chi connectivity index (χ3n) is 2.41. The molecule has 0 aromatic carbocycles. The van der Waals surface area contributed by atoms with Crippen LogP contribution < -0.4 is 11.2 Å². The van der Waals surface area contributed by atoms with Gasteiger partial charge in [0.05, 0.1) is 12.2 Å². The monoisotopic (exact) mass is 368 g/mol. The number of nitrogens with zero attached hydrogens (tertiary/aromatic N) is 4. The first-order valence-corrected chi connectivity index (χ1v) is 6.07. The molecule has 0 unspecified atom stereocenters. The summed E-state index contributed by atoms with van der Waals surface area (Å²) in [4.78, 5) is 52.2. The van der Waals surface area contributed by atoms with Crippen molar-refractivity contribution in [2.45, 2.75) is 13.2 Å². The van der Waals surface area contributed by atoms with Crippen molar-refractivity contribution < 1.29 is 19.8 Å². The summed E-state index contributed by atoms with van der Waals surface area (Å²) in [6, 6.07) is 0. The van der Waals surface area contributed by atoms with Gasteiger partial charge in [-0.15, -0.1) is 20.2 Å². The quantitative estimate of drug-likeness (QED) is 0.449. The van der Waals surface area contributed by atoms with E-state index in [9.17, 15) is 29.8 Å². The summed E-state index contributed by atoms with van der Waals surface area (Å²) in [5.41, 5.74) is -1.64. The Kier molecular flexibility index (Phi) is 5.40.